The van der Waals surface area contributed by atoms with Crippen LogP contribution in [-0.4, -0.2) is 13.1 Å². The monoisotopic (exact) mass is 129 g/mol. The van der Waals surface area contributed by atoms with E-state index in [0.717, 1.165) is 12.5 Å². The van der Waals surface area contributed by atoms with Gasteiger partial charge in [0.05, 0.1) is 13.1 Å². The molecule has 0 saturated carbocycles. The van der Waals surface area contributed by atoms with Gasteiger partial charge in [-0.05, 0) is 19.3 Å². The molecular weight excluding hydrogens is 110 g/mol. The second-order valence-electron chi connectivity index (χ2n) is 3.04. The zero-order chi connectivity index (χ0) is 7.28. The molecule has 0 bridgehead atoms. The van der Waals surface area contributed by atoms with Crippen LogP contribution in [0.2, 0.25) is 0 Å². The molecule has 0 radical (unpaired) electrons. The Labute approximate surface area is 59.1 Å². The van der Waals surface area contributed by atoms with E-state index in [2.05, 4.69) is 27.8 Å². The number of rotatable bonds is 4. The van der Waals surface area contributed by atoms with Crippen LogP contribution >= 0.6 is 0 Å². The fourth-order valence-corrected chi connectivity index (χ4v) is 0.670. The predicted octanol–water partition coefficient (Wildman–Crippen LogP) is 0.729. The van der Waals surface area contributed by atoms with Crippen LogP contribution in [0.5, 0.6) is 0 Å². The first-order chi connectivity index (χ1) is 4.16. The first-order valence-corrected chi connectivity index (χ1v) is 3.83. The standard InChI is InChI=1S/C8H19N/c1-5-9(4)7-6-8(2)3/h8-9H,4-7H2,1-3H3. The van der Waals surface area contributed by atoms with Crippen LogP contribution in [0.25, 0.3) is 0 Å². The smallest absolute Gasteiger partial charge is 0.0532 e. The minimum atomic E-state index is 0.827. The third-order valence-electron chi connectivity index (χ3n) is 1.58. The lowest BCUT2D eigenvalue weighted by Crippen LogP contribution is -3.06. The van der Waals surface area contributed by atoms with Gasteiger partial charge in [-0.2, -0.15) is 7.05 Å². The van der Waals surface area contributed by atoms with E-state index in [-0.39, 0.29) is 0 Å². The summed E-state index contributed by atoms with van der Waals surface area (Å²) >= 11 is 0. The van der Waals surface area contributed by atoms with E-state index in [4.69, 9.17) is 0 Å². The van der Waals surface area contributed by atoms with Crippen LogP contribution in [0.4, 0.5) is 0 Å². The minimum absolute atomic E-state index is 0.827. The molecule has 0 amide bonds. The lowest BCUT2D eigenvalue weighted by molar-refractivity contribution is -0.852. The molecule has 1 heteroatoms. The van der Waals surface area contributed by atoms with Gasteiger partial charge < -0.3 is 4.90 Å². The van der Waals surface area contributed by atoms with Crippen molar-refractivity contribution in [2.45, 2.75) is 27.2 Å². The first kappa shape index (κ1) is 8.96. The average Bonchev–Trinajstić information content (AvgIpc) is 1.83. The summed E-state index contributed by atoms with van der Waals surface area (Å²) in [6.45, 7) is 9.04. The van der Waals surface area contributed by atoms with Gasteiger partial charge in [-0.25, -0.2) is 0 Å². The summed E-state index contributed by atoms with van der Waals surface area (Å²) in [4.78, 5) is 1.39. The third kappa shape index (κ3) is 5.84. The average molecular weight is 129 g/mol. The highest BCUT2D eigenvalue weighted by Crippen LogP contribution is 1.94. The lowest BCUT2D eigenvalue weighted by atomic mass is 10.1. The maximum absolute atomic E-state index is 3.95. The van der Waals surface area contributed by atoms with Gasteiger partial charge in [-0.3, -0.25) is 0 Å². The molecule has 0 spiro atoms. The second kappa shape index (κ2) is 4.80. The van der Waals surface area contributed by atoms with Crippen molar-refractivity contribution in [2.75, 3.05) is 13.1 Å². The van der Waals surface area contributed by atoms with Gasteiger partial charge in [0.25, 0.3) is 0 Å². The highest BCUT2D eigenvalue weighted by molar-refractivity contribution is 4.40. The van der Waals surface area contributed by atoms with Crippen LogP contribution in [0, 0.1) is 13.0 Å². The second-order valence-corrected chi connectivity index (χ2v) is 3.04. The van der Waals surface area contributed by atoms with Crippen molar-refractivity contribution in [3.05, 3.63) is 7.05 Å². The van der Waals surface area contributed by atoms with Crippen molar-refractivity contribution < 1.29 is 4.90 Å². The fraction of sp³-hybridized carbons (Fsp3) is 0.875. The maximum Gasteiger partial charge on any atom is 0.0532 e. The Kier molecular flexibility index (Phi) is 4.78. The molecule has 56 valence electrons. The zero-order valence-electron chi connectivity index (χ0n) is 6.91. The summed E-state index contributed by atoms with van der Waals surface area (Å²) in [5.74, 6) is 0.827. The van der Waals surface area contributed by atoms with Crippen molar-refractivity contribution in [1.29, 1.82) is 0 Å². The molecule has 1 N–H and O–H groups in total. The van der Waals surface area contributed by atoms with Gasteiger partial charge >= 0.3 is 0 Å². The summed E-state index contributed by atoms with van der Waals surface area (Å²) in [6, 6.07) is 0. The Morgan fingerprint density at radius 2 is 2.00 bits per heavy atom. The van der Waals surface area contributed by atoms with Gasteiger partial charge in [0, 0.05) is 0 Å². The lowest BCUT2D eigenvalue weighted by Gasteiger charge is -2.19. The molecule has 9 heavy (non-hydrogen) atoms. The van der Waals surface area contributed by atoms with Crippen LogP contribution in [0.15, 0.2) is 0 Å². The topological polar surface area (TPSA) is 4.44 Å². The number of nitrogens with one attached hydrogen (secondary N) is 1. The van der Waals surface area contributed by atoms with Crippen molar-refractivity contribution in [1.82, 2.24) is 0 Å². The van der Waals surface area contributed by atoms with E-state index < -0.39 is 0 Å². The van der Waals surface area contributed by atoms with Crippen molar-refractivity contribution in [2.24, 2.45) is 5.92 Å². The zero-order valence-corrected chi connectivity index (χ0v) is 6.91. The normalized spacial score (nSPS) is 14.3. The molecule has 0 heterocycles. The molecule has 1 atom stereocenters. The van der Waals surface area contributed by atoms with Gasteiger partial charge in [0.15, 0.2) is 0 Å². The van der Waals surface area contributed by atoms with E-state index >= 15 is 0 Å². The Bertz CT molecular complexity index is 59.6. The van der Waals surface area contributed by atoms with Gasteiger partial charge in [0.1, 0.15) is 0 Å². The summed E-state index contributed by atoms with van der Waals surface area (Å²) in [5.41, 5.74) is 0. The molecule has 0 saturated heterocycles. The molecule has 0 aromatic rings. The summed E-state index contributed by atoms with van der Waals surface area (Å²) in [7, 11) is 3.95. The molecule has 1 unspecified atom stereocenters. The Hall–Kier alpha value is -0.0400. The molecule has 0 aromatic heterocycles. The van der Waals surface area contributed by atoms with Gasteiger partial charge in [-0.15, -0.1) is 0 Å². The van der Waals surface area contributed by atoms with Crippen molar-refractivity contribution in [3.63, 3.8) is 0 Å². The molecule has 0 aliphatic rings. The number of hydrogen-bond acceptors (Lipinski definition) is 0. The Morgan fingerprint density at radius 3 is 2.33 bits per heavy atom. The van der Waals surface area contributed by atoms with Crippen LogP contribution in [-0.2, 0) is 0 Å². The first-order valence-electron chi connectivity index (χ1n) is 3.83. The van der Waals surface area contributed by atoms with Crippen LogP contribution in [0.1, 0.15) is 27.2 Å². The Balaban J connectivity index is 3.06. The summed E-state index contributed by atoms with van der Waals surface area (Å²) in [5, 5.41) is 0. The highest BCUT2D eigenvalue weighted by atomic mass is 15.1. The van der Waals surface area contributed by atoms with Gasteiger partial charge in [0.2, 0.25) is 0 Å². The van der Waals surface area contributed by atoms with Gasteiger partial charge in [-0.1, -0.05) is 13.8 Å². The molecule has 1 nitrogen and oxygen atoms in total. The fourth-order valence-electron chi connectivity index (χ4n) is 0.670. The van der Waals surface area contributed by atoms with Crippen LogP contribution in [0.3, 0.4) is 0 Å². The van der Waals surface area contributed by atoms with E-state index in [1.54, 1.807) is 0 Å². The summed E-state index contributed by atoms with van der Waals surface area (Å²) in [6.07, 6.45) is 1.30. The minimum Gasteiger partial charge on any atom is -0.468 e. The SMILES string of the molecule is [CH2-][NH+](CC)CCC(C)C. The van der Waals surface area contributed by atoms with Crippen LogP contribution < -0.4 is 4.90 Å². The highest BCUT2D eigenvalue weighted by Gasteiger charge is 1.95. The number of quaternary nitrogens is 1. The molecule has 0 rings (SSSR count). The largest absolute Gasteiger partial charge is 0.468 e. The van der Waals surface area contributed by atoms with Crippen molar-refractivity contribution >= 4 is 0 Å². The molecular formula is C8H19N. The van der Waals surface area contributed by atoms with Crippen molar-refractivity contribution in [3.8, 4) is 0 Å². The van der Waals surface area contributed by atoms with E-state index in [1.807, 2.05) is 0 Å². The summed E-state index contributed by atoms with van der Waals surface area (Å²) < 4.78 is 0. The van der Waals surface area contributed by atoms with E-state index in [0.29, 0.717) is 0 Å². The molecule has 0 fully saturated rings. The predicted molar refractivity (Wildman–Crippen MR) is 41.2 cm³/mol. The quantitative estimate of drug-likeness (QED) is 0.534. The third-order valence-corrected chi connectivity index (χ3v) is 1.58. The Morgan fingerprint density at radius 1 is 1.44 bits per heavy atom. The maximum atomic E-state index is 3.95. The van der Waals surface area contributed by atoms with E-state index in [1.165, 1.54) is 17.9 Å². The number of hydrogen-bond donors (Lipinski definition) is 1. The molecule has 0 aromatic carbocycles. The molecule has 0 aliphatic carbocycles. The molecule has 0 aliphatic heterocycles. The van der Waals surface area contributed by atoms with E-state index in [9.17, 15) is 0 Å².